The van der Waals surface area contributed by atoms with Crippen molar-refractivity contribution in [2.75, 3.05) is 0 Å². The Morgan fingerprint density at radius 2 is 0.639 bits per heavy atom. The molecule has 0 bridgehead atoms. The van der Waals surface area contributed by atoms with Gasteiger partial charge in [0.15, 0.2) is 0 Å². The van der Waals surface area contributed by atoms with Crippen LogP contribution in [0.1, 0.15) is 0 Å². The molecule has 3 aromatic heterocycles. The van der Waals surface area contributed by atoms with Gasteiger partial charge in [0, 0.05) is 38.0 Å². The number of benzene rings is 10. The Morgan fingerprint density at radius 3 is 1.21 bits per heavy atom. The lowest BCUT2D eigenvalue weighted by atomic mass is 9.94. The average molecular weight is 774 g/mol. The van der Waals surface area contributed by atoms with Crippen LogP contribution in [0.5, 0.6) is 0 Å². The summed E-state index contributed by atoms with van der Waals surface area (Å²) in [7, 11) is 0. The molecule has 0 unspecified atom stereocenters. The summed E-state index contributed by atoms with van der Waals surface area (Å²) in [4.78, 5) is 0. The van der Waals surface area contributed by atoms with E-state index in [-0.39, 0.29) is 0 Å². The number of fused-ring (bicyclic) bond motifs is 12. The molecule has 282 valence electrons. The Morgan fingerprint density at radius 1 is 0.230 bits per heavy atom. The quantitative estimate of drug-likeness (QED) is 0.169. The van der Waals surface area contributed by atoms with E-state index in [1.165, 1.54) is 104 Å². The van der Waals surface area contributed by atoms with Crippen molar-refractivity contribution in [2.45, 2.75) is 0 Å². The van der Waals surface area contributed by atoms with Gasteiger partial charge in [-0.25, -0.2) is 0 Å². The van der Waals surface area contributed by atoms with Gasteiger partial charge < -0.3 is 13.7 Å². The van der Waals surface area contributed by atoms with Crippen LogP contribution in [0, 0.1) is 0 Å². The van der Waals surface area contributed by atoms with Crippen LogP contribution < -0.4 is 0 Å². The molecule has 1 aliphatic carbocycles. The fourth-order valence-electron chi connectivity index (χ4n) is 10.9. The van der Waals surface area contributed by atoms with Crippen molar-refractivity contribution in [3.05, 3.63) is 212 Å². The maximum atomic E-state index is 2.49. The van der Waals surface area contributed by atoms with Crippen molar-refractivity contribution in [2.24, 2.45) is 0 Å². The summed E-state index contributed by atoms with van der Waals surface area (Å²) in [5.41, 5.74) is 18.2. The van der Waals surface area contributed by atoms with Gasteiger partial charge in [-0.05, 0) is 98.8 Å². The van der Waals surface area contributed by atoms with Gasteiger partial charge >= 0.3 is 0 Å². The van der Waals surface area contributed by atoms with Crippen LogP contribution in [0.3, 0.4) is 0 Å². The molecule has 61 heavy (non-hydrogen) atoms. The highest BCUT2D eigenvalue weighted by Crippen LogP contribution is 2.50. The monoisotopic (exact) mass is 773 g/mol. The molecule has 0 radical (unpaired) electrons. The molecule has 0 saturated carbocycles. The van der Waals surface area contributed by atoms with Gasteiger partial charge in [0.1, 0.15) is 0 Å². The molecule has 0 spiro atoms. The molecule has 13 aromatic rings. The number of hydrogen-bond acceptors (Lipinski definition) is 0. The zero-order chi connectivity index (χ0) is 39.8. The highest BCUT2D eigenvalue weighted by atomic mass is 15.1. The average Bonchev–Trinajstić information content (AvgIpc) is 4.05. The third kappa shape index (κ3) is 4.42. The lowest BCUT2D eigenvalue weighted by Crippen LogP contribution is -2.04. The number of hydrogen-bond donors (Lipinski definition) is 0. The Balaban J connectivity index is 1.08. The molecule has 3 nitrogen and oxygen atoms in total. The molecule has 0 aliphatic heterocycles. The van der Waals surface area contributed by atoms with E-state index >= 15 is 0 Å². The van der Waals surface area contributed by atoms with Gasteiger partial charge in [-0.1, -0.05) is 158 Å². The smallest absolute Gasteiger partial charge is 0.0724 e. The molecule has 10 aromatic carbocycles. The van der Waals surface area contributed by atoms with Gasteiger partial charge in [0.05, 0.1) is 44.5 Å². The highest BCUT2D eigenvalue weighted by molar-refractivity contribution is 6.19. The zero-order valence-corrected chi connectivity index (χ0v) is 33.0. The highest BCUT2D eigenvalue weighted by Gasteiger charge is 2.25. The fraction of sp³-hybridized carbons (Fsp3) is 0. The number of nitrogens with zero attached hydrogens (tertiary/aromatic N) is 3. The summed E-state index contributed by atoms with van der Waals surface area (Å²) >= 11 is 0. The molecule has 0 saturated heterocycles. The molecular formula is C58H35N3. The number of aromatic nitrogens is 3. The summed E-state index contributed by atoms with van der Waals surface area (Å²) in [6.45, 7) is 0. The van der Waals surface area contributed by atoms with Crippen molar-refractivity contribution in [3.8, 4) is 50.4 Å². The van der Waals surface area contributed by atoms with E-state index in [0.717, 1.165) is 22.6 Å². The summed E-state index contributed by atoms with van der Waals surface area (Å²) in [5, 5.41) is 10.1. The van der Waals surface area contributed by atoms with Crippen LogP contribution in [-0.2, 0) is 0 Å². The molecule has 3 heteroatoms. The van der Waals surface area contributed by atoms with E-state index in [0.29, 0.717) is 0 Å². The Labute approximate surface area is 351 Å². The second-order valence-electron chi connectivity index (χ2n) is 16.4. The number of para-hydroxylation sites is 5. The van der Waals surface area contributed by atoms with Crippen molar-refractivity contribution in [3.63, 3.8) is 0 Å². The summed E-state index contributed by atoms with van der Waals surface area (Å²) in [6, 6.07) is 78.6. The van der Waals surface area contributed by atoms with E-state index in [4.69, 9.17) is 0 Å². The van der Waals surface area contributed by atoms with Crippen LogP contribution in [0.2, 0.25) is 0 Å². The minimum atomic E-state index is 1.13. The molecule has 0 fully saturated rings. The molecule has 1 aliphatic rings. The van der Waals surface area contributed by atoms with Crippen LogP contribution in [0.15, 0.2) is 212 Å². The number of rotatable bonds is 4. The van der Waals surface area contributed by atoms with Gasteiger partial charge in [0.25, 0.3) is 0 Å². The fourth-order valence-corrected chi connectivity index (χ4v) is 10.9. The van der Waals surface area contributed by atoms with Gasteiger partial charge in [0.2, 0.25) is 0 Å². The third-order valence-electron chi connectivity index (χ3n) is 13.4. The molecule has 0 N–H and O–H groups in total. The van der Waals surface area contributed by atoms with Crippen LogP contribution in [0.25, 0.3) is 127 Å². The lowest BCUT2D eigenvalue weighted by Gasteiger charge is -2.18. The second-order valence-corrected chi connectivity index (χ2v) is 16.4. The van der Waals surface area contributed by atoms with E-state index in [1.54, 1.807) is 0 Å². The van der Waals surface area contributed by atoms with E-state index < -0.39 is 0 Å². The maximum absolute atomic E-state index is 2.49. The van der Waals surface area contributed by atoms with E-state index in [9.17, 15) is 0 Å². The minimum Gasteiger partial charge on any atom is -0.309 e. The maximum Gasteiger partial charge on any atom is 0.0724 e. The summed E-state index contributed by atoms with van der Waals surface area (Å²) < 4.78 is 7.47. The van der Waals surface area contributed by atoms with Crippen LogP contribution in [-0.4, -0.2) is 13.7 Å². The molecule has 0 amide bonds. The lowest BCUT2D eigenvalue weighted by molar-refractivity contribution is 1.09. The van der Waals surface area contributed by atoms with Crippen molar-refractivity contribution in [1.29, 1.82) is 0 Å². The minimum absolute atomic E-state index is 1.13. The van der Waals surface area contributed by atoms with Crippen LogP contribution in [0.4, 0.5) is 0 Å². The van der Waals surface area contributed by atoms with E-state index in [1.807, 2.05) is 0 Å². The second kappa shape index (κ2) is 12.2. The van der Waals surface area contributed by atoms with Crippen molar-refractivity contribution >= 4 is 76.2 Å². The largest absolute Gasteiger partial charge is 0.309 e. The van der Waals surface area contributed by atoms with Gasteiger partial charge in [-0.3, -0.25) is 0 Å². The Bertz CT molecular complexity index is 3870. The molecule has 14 rings (SSSR count). The van der Waals surface area contributed by atoms with Crippen LogP contribution >= 0.6 is 0 Å². The normalized spacial score (nSPS) is 12.3. The Hall–Kier alpha value is -8.14. The van der Waals surface area contributed by atoms with Gasteiger partial charge in [-0.15, -0.1) is 0 Å². The first kappa shape index (κ1) is 32.8. The molecule has 3 heterocycles. The first-order valence-electron chi connectivity index (χ1n) is 21.1. The standard InChI is InChI=1S/C58H35N3/c1-2-18-40-39(17-1)47-25-14-24-46-38(31-32-48(40)58(46)47)36-15-13-16-37(33-36)59-50-26-8-7-23-45(50)49-34-56(60-51-27-9-3-19-41(51)42-20-4-10-28-52(42)60)57(35-55(49)59)61-53-29-11-5-21-43(53)44-22-6-12-30-54(44)61/h1-35H. The first-order valence-corrected chi connectivity index (χ1v) is 21.1. The van der Waals surface area contributed by atoms with Crippen molar-refractivity contribution < 1.29 is 0 Å². The van der Waals surface area contributed by atoms with Gasteiger partial charge in [-0.2, -0.15) is 0 Å². The molecular weight excluding hydrogens is 739 g/mol. The predicted molar refractivity (Wildman–Crippen MR) is 257 cm³/mol. The SMILES string of the molecule is c1cc(-c2ccc3c4c(cccc24)-c2ccccc2-3)cc(-n2c3ccccc3c3cc(-n4c5ccccc5c5ccccc54)c(-n4c5ccccc5c5ccccc54)cc32)c1. The molecule has 0 atom stereocenters. The predicted octanol–water partition coefficient (Wildman–Crippen LogP) is 15.4. The Kier molecular flexibility index (Phi) is 6.56. The van der Waals surface area contributed by atoms with E-state index in [2.05, 4.69) is 226 Å². The summed E-state index contributed by atoms with van der Waals surface area (Å²) in [5.74, 6) is 0. The van der Waals surface area contributed by atoms with Crippen molar-refractivity contribution in [1.82, 2.24) is 13.7 Å². The zero-order valence-electron chi connectivity index (χ0n) is 33.0. The topological polar surface area (TPSA) is 14.8 Å². The third-order valence-corrected chi connectivity index (χ3v) is 13.4. The first-order chi connectivity index (χ1) is 30.3. The summed E-state index contributed by atoms with van der Waals surface area (Å²) in [6.07, 6.45) is 0.